The lowest BCUT2D eigenvalue weighted by Crippen LogP contribution is -2.17. The third-order valence-electron chi connectivity index (χ3n) is 3.38. The highest BCUT2D eigenvalue weighted by molar-refractivity contribution is 7.99. The molecular weight excluding hydrogens is 280 g/mol. The molecule has 1 aromatic carbocycles. The first kappa shape index (κ1) is 14.1. The van der Waals surface area contributed by atoms with Crippen LogP contribution in [0.4, 0.5) is 0 Å². The van der Waals surface area contributed by atoms with Gasteiger partial charge < -0.3 is 5.32 Å². The number of hydrogen-bond donors (Lipinski definition) is 1. The van der Waals surface area contributed by atoms with Crippen molar-refractivity contribution in [3.05, 3.63) is 54.2 Å². The summed E-state index contributed by atoms with van der Waals surface area (Å²) in [5.41, 5.74) is 2.17. The quantitative estimate of drug-likeness (QED) is 0.782. The molecule has 1 N–H and O–H groups in total. The minimum atomic E-state index is 0.378. The molecule has 0 aliphatic rings. The summed E-state index contributed by atoms with van der Waals surface area (Å²) in [6.07, 6.45) is 1.99. The second-order valence-corrected chi connectivity index (χ2v) is 5.90. The summed E-state index contributed by atoms with van der Waals surface area (Å²) in [4.78, 5) is 1.17. The van der Waals surface area contributed by atoms with Crippen LogP contribution in [0.1, 0.15) is 25.5 Å². The number of nitrogens with zero attached hydrogens (tertiary/aromatic N) is 3. The Kier molecular flexibility index (Phi) is 4.22. The second-order valence-electron chi connectivity index (χ2n) is 4.86. The van der Waals surface area contributed by atoms with Gasteiger partial charge in [0.25, 0.3) is 0 Å². The van der Waals surface area contributed by atoms with Gasteiger partial charge in [-0.1, -0.05) is 25.1 Å². The smallest absolute Gasteiger partial charge is 0.200 e. The minimum absolute atomic E-state index is 0.378. The molecule has 0 radical (unpaired) electrons. The number of nitrogens with one attached hydrogen (secondary N) is 1. The molecule has 3 aromatic rings. The van der Waals surface area contributed by atoms with Crippen LogP contribution >= 0.6 is 11.8 Å². The van der Waals surface area contributed by atoms with Crippen LogP contribution in [0.15, 0.2) is 58.7 Å². The lowest BCUT2D eigenvalue weighted by molar-refractivity contribution is 0.598. The van der Waals surface area contributed by atoms with Crippen molar-refractivity contribution in [2.75, 3.05) is 6.54 Å². The van der Waals surface area contributed by atoms with Gasteiger partial charge in [-0.3, -0.25) is 4.40 Å². The summed E-state index contributed by atoms with van der Waals surface area (Å²) < 4.78 is 2.00. The second kappa shape index (κ2) is 6.28. The van der Waals surface area contributed by atoms with E-state index in [1.165, 1.54) is 10.5 Å². The average Bonchev–Trinajstić information content (AvgIpc) is 2.92. The molecule has 3 rings (SSSR count). The monoisotopic (exact) mass is 298 g/mol. The Bertz CT molecular complexity index is 720. The van der Waals surface area contributed by atoms with Crippen LogP contribution in [-0.2, 0) is 0 Å². The molecule has 0 fully saturated rings. The van der Waals surface area contributed by atoms with Gasteiger partial charge in [0, 0.05) is 17.1 Å². The number of rotatable bonds is 5. The summed E-state index contributed by atoms with van der Waals surface area (Å²) in [7, 11) is 0. The summed E-state index contributed by atoms with van der Waals surface area (Å²) >= 11 is 1.63. The van der Waals surface area contributed by atoms with E-state index in [0.29, 0.717) is 6.04 Å². The molecule has 0 aliphatic heterocycles. The zero-order chi connectivity index (χ0) is 14.7. The predicted octanol–water partition coefficient (Wildman–Crippen LogP) is 3.55. The Morgan fingerprint density at radius 1 is 1.14 bits per heavy atom. The number of fused-ring (bicyclic) bond motifs is 1. The van der Waals surface area contributed by atoms with Gasteiger partial charge in [-0.2, -0.15) is 0 Å². The van der Waals surface area contributed by atoms with Gasteiger partial charge in [-0.05, 0) is 55.1 Å². The van der Waals surface area contributed by atoms with Crippen molar-refractivity contribution in [2.24, 2.45) is 0 Å². The fourth-order valence-corrected chi connectivity index (χ4v) is 3.06. The summed E-state index contributed by atoms with van der Waals surface area (Å²) in [6, 6.07) is 14.9. The van der Waals surface area contributed by atoms with Crippen LogP contribution < -0.4 is 5.32 Å². The Morgan fingerprint density at radius 3 is 2.71 bits per heavy atom. The van der Waals surface area contributed by atoms with Crippen molar-refractivity contribution in [1.29, 1.82) is 0 Å². The van der Waals surface area contributed by atoms with Gasteiger partial charge in [0.15, 0.2) is 10.8 Å². The predicted molar refractivity (Wildman–Crippen MR) is 85.6 cm³/mol. The molecular formula is C16H18N4S. The van der Waals surface area contributed by atoms with Crippen molar-refractivity contribution >= 4 is 17.4 Å². The van der Waals surface area contributed by atoms with Crippen LogP contribution in [0.5, 0.6) is 0 Å². The van der Waals surface area contributed by atoms with E-state index in [1.807, 2.05) is 28.8 Å². The maximum Gasteiger partial charge on any atom is 0.200 e. The van der Waals surface area contributed by atoms with Crippen LogP contribution in [0.25, 0.3) is 5.65 Å². The van der Waals surface area contributed by atoms with E-state index in [1.54, 1.807) is 11.8 Å². The number of benzene rings is 1. The summed E-state index contributed by atoms with van der Waals surface area (Å²) in [6.45, 7) is 5.28. The first-order valence-electron chi connectivity index (χ1n) is 7.09. The van der Waals surface area contributed by atoms with Crippen LogP contribution in [-0.4, -0.2) is 21.1 Å². The fraction of sp³-hybridized carbons (Fsp3) is 0.250. The molecule has 0 amide bonds. The number of hydrogen-bond acceptors (Lipinski definition) is 4. The highest BCUT2D eigenvalue weighted by atomic mass is 32.2. The fourth-order valence-electron chi connectivity index (χ4n) is 2.24. The van der Waals surface area contributed by atoms with E-state index in [-0.39, 0.29) is 0 Å². The first-order chi connectivity index (χ1) is 10.3. The van der Waals surface area contributed by atoms with Gasteiger partial charge in [0.2, 0.25) is 0 Å². The van der Waals surface area contributed by atoms with Crippen LogP contribution in [0.3, 0.4) is 0 Å². The summed E-state index contributed by atoms with van der Waals surface area (Å²) in [5, 5.41) is 12.7. The average molecular weight is 298 g/mol. The van der Waals surface area contributed by atoms with E-state index < -0.39 is 0 Å². The maximum absolute atomic E-state index is 4.24. The van der Waals surface area contributed by atoms with Gasteiger partial charge in [-0.25, -0.2) is 0 Å². The molecule has 108 valence electrons. The molecule has 1 unspecified atom stereocenters. The van der Waals surface area contributed by atoms with Gasteiger partial charge >= 0.3 is 0 Å². The van der Waals surface area contributed by atoms with Crippen molar-refractivity contribution in [1.82, 2.24) is 19.9 Å². The normalized spacial score (nSPS) is 12.7. The van der Waals surface area contributed by atoms with Crippen molar-refractivity contribution in [2.45, 2.75) is 29.9 Å². The maximum atomic E-state index is 4.24. The highest BCUT2D eigenvalue weighted by Gasteiger charge is 2.08. The first-order valence-corrected chi connectivity index (χ1v) is 7.90. The molecule has 0 bridgehead atoms. The van der Waals surface area contributed by atoms with Gasteiger partial charge in [0.1, 0.15) is 0 Å². The molecule has 0 spiro atoms. The van der Waals surface area contributed by atoms with E-state index >= 15 is 0 Å². The molecule has 21 heavy (non-hydrogen) atoms. The van der Waals surface area contributed by atoms with Crippen molar-refractivity contribution < 1.29 is 0 Å². The molecule has 0 saturated carbocycles. The molecule has 0 aliphatic carbocycles. The molecule has 0 saturated heterocycles. The molecule has 2 aromatic heterocycles. The zero-order valence-electron chi connectivity index (χ0n) is 12.2. The van der Waals surface area contributed by atoms with Crippen LogP contribution in [0.2, 0.25) is 0 Å². The third kappa shape index (κ3) is 3.09. The van der Waals surface area contributed by atoms with Gasteiger partial charge in [0.05, 0.1) is 0 Å². The molecule has 2 heterocycles. The number of pyridine rings is 1. The van der Waals surface area contributed by atoms with Crippen LogP contribution in [0, 0.1) is 0 Å². The number of aromatic nitrogens is 3. The SMILES string of the molecule is CCNC(C)c1ccc(Sc2nnc3ccccn23)cc1. The summed E-state index contributed by atoms with van der Waals surface area (Å²) in [5.74, 6) is 0. The zero-order valence-corrected chi connectivity index (χ0v) is 13.0. The van der Waals surface area contributed by atoms with E-state index in [9.17, 15) is 0 Å². The topological polar surface area (TPSA) is 42.2 Å². The van der Waals surface area contributed by atoms with Gasteiger partial charge in [-0.15, -0.1) is 10.2 Å². The standard InChI is InChI=1S/C16H18N4S/c1-3-17-12(2)13-7-9-14(10-8-13)21-16-19-18-15-6-4-5-11-20(15)16/h4-12,17H,3H2,1-2H3. The van der Waals surface area contributed by atoms with Crippen molar-refractivity contribution in [3.8, 4) is 0 Å². The Morgan fingerprint density at radius 2 is 1.95 bits per heavy atom. The Hall–Kier alpha value is -1.85. The van der Waals surface area contributed by atoms with E-state index in [0.717, 1.165) is 17.3 Å². The molecule has 1 atom stereocenters. The van der Waals surface area contributed by atoms with E-state index in [4.69, 9.17) is 0 Å². The molecule has 5 heteroatoms. The molecule has 4 nitrogen and oxygen atoms in total. The van der Waals surface area contributed by atoms with E-state index in [2.05, 4.69) is 53.6 Å². The Balaban J connectivity index is 1.79. The minimum Gasteiger partial charge on any atom is -0.310 e. The Labute approximate surface area is 128 Å². The highest BCUT2D eigenvalue weighted by Crippen LogP contribution is 2.27. The van der Waals surface area contributed by atoms with Crippen molar-refractivity contribution in [3.63, 3.8) is 0 Å². The lowest BCUT2D eigenvalue weighted by Gasteiger charge is -2.12. The largest absolute Gasteiger partial charge is 0.310 e. The lowest BCUT2D eigenvalue weighted by atomic mass is 10.1. The third-order valence-corrected chi connectivity index (χ3v) is 4.35.